The molecule has 0 unspecified atom stereocenters. The van der Waals surface area contributed by atoms with E-state index >= 15 is 0 Å². The van der Waals surface area contributed by atoms with Crippen LogP contribution in [0, 0.1) is 0 Å². The van der Waals surface area contributed by atoms with Gasteiger partial charge in [0.2, 0.25) is 5.75 Å². The zero-order chi connectivity index (χ0) is 17.4. The summed E-state index contributed by atoms with van der Waals surface area (Å²) in [5.74, 6) is -0.241. The van der Waals surface area contributed by atoms with Crippen molar-refractivity contribution in [1.82, 2.24) is 0 Å². The summed E-state index contributed by atoms with van der Waals surface area (Å²) in [6, 6.07) is 2.99. The Balaban J connectivity index is 3.21. The molecule has 0 bridgehead atoms. The highest BCUT2D eigenvalue weighted by molar-refractivity contribution is 5.93. The molecule has 1 aromatic carbocycles. The van der Waals surface area contributed by atoms with Crippen LogP contribution in [0.25, 0.3) is 0 Å². The highest BCUT2D eigenvalue weighted by Gasteiger charge is 2.21. The van der Waals surface area contributed by atoms with Crippen LogP contribution in [0.5, 0.6) is 17.2 Å². The molecule has 0 spiro atoms. The summed E-state index contributed by atoms with van der Waals surface area (Å²) < 4.78 is 21.6. The lowest BCUT2D eigenvalue weighted by atomic mass is 10.1. The van der Waals surface area contributed by atoms with Crippen molar-refractivity contribution in [2.75, 3.05) is 19.8 Å². The summed E-state index contributed by atoms with van der Waals surface area (Å²) in [5.41, 5.74) is 5.28. The van der Waals surface area contributed by atoms with Gasteiger partial charge in [0.15, 0.2) is 17.6 Å². The van der Waals surface area contributed by atoms with E-state index in [9.17, 15) is 9.59 Å². The Bertz CT molecular complexity index is 530. The third-order valence-corrected chi connectivity index (χ3v) is 2.83. The van der Waals surface area contributed by atoms with Crippen LogP contribution >= 0.6 is 0 Å². The van der Waals surface area contributed by atoms with E-state index in [4.69, 9.17) is 24.7 Å². The van der Waals surface area contributed by atoms with E-state index in [1.807, 2.05) is 20.8 Å². The van der Waals surface area contributed by atoms with E-state index < -0.39 is 18.0 Å². The van der Waals surface area contributed by atoms with Crippen molar-refractivity contribution in [3.63, 3.8) is 0 Å². The van der Waals surface area contributed by atoms with Gasteiger partial charge in [-0.1, -0.05) is 0 Å². The number of amides is 1. The van der Waals surface area contributed by atoms with Gasteiger partial charge in [0.25, 0.3) is 5.91 Å². The van der Waals surface area contributed by atoms with E-state index in [1.54, 1.807) is 0 Å². The fraction of sp³-hybridized carbons (Fsp3) is 0.500. The molecule has 0 aromatic heterocycles. The molecule has 0 heterocycles. The largest absolute Gasteiger partial charge is 0.490 e. The summed E-state index contributed by atoms with van der Waals surface area (Å²) >= 11 is 0. The highest BCUT2D eigenvalue weighted by Crippen LogP contribution is 2.39. The average molecular weight is 325 g/mol. The molecule has 0 radical (unpaired) electrons. The average Bonchev–Trinajstić information content (AvgIpc) is 2.50. The van der Waals surface area contributed by atoms with Gasteiger partial charge in [-0.25, -0.2) is 4.79 Å². The first kappa shape index (κ1) is 18.6. The van der Waals surface area contributed by atoms with Crippen LogP contribution in [-0.2, 0) is 9.53 Å². The first-order chi connectivity index (χ1) is 10.9. The molecule has 1 atom stereocenters. The van der Waals surface area contributed by atoms with E-state index in [1.165, 1.54) is 19.1 Å². The second-order valence-electron chi connectivity index (χ2n) is 4.55. The number of hydrogen-bond acceptors (Lipinski definition) is 6. The molecule has 0 saturated heterocycles. The molecule has 0 aliphatic heterocycles. The summed E-state index contributed by atoms with van der Waals surface area (Å²) in [6.45, 7) is 8.07. The lowest BCUT2D eigenvalue weighted by Gasteiger charge is -2.17. The van der Waals surface area contributed by atoms with Crippen LogP contribution in [-0.4, -0.2) is 37.8 Å². The Morgan fingerprint density at radius 1 is 1.00 bits per heavy atom. The number of nitrogens with two attached hydrogens (primary N) is 1. The predicted molar refractivity (Wildman–Crippen MR) is 84.0 cm³/mol. The SMILES string of the molecule is CCOc1cc(C(=O)O[C@H](C)C(N)=O)cc(OCC)c1OCC. The van der Waals surface area contributed by atoms with Gasteiger partial charge in [-0.3, -0.25) is 4.79 Å². The predicted octanol–water partition coefficient (Wildman–Crippen LogP) is 1.91. The summed E-state index contributed by atoms with van der Waals surface area (Å²) in [5, 5.41) is 0. The van der Waals surface area contributed by atoms with Crippen molar-refractivity contribution in [3.8, 4) is 17.2 Å². The van der Waals surface area contributed by atoms with Crippen LogP contribution in [0.4, 0.5) is 0 Å². The molecule has 0 fully saturated rings. The molecule has 0 aliphatic carbocycles. The van der Waals surface area contributed by atoms with Crippen molar-refractivity contribution in [3.05, 3.63) is 17.7 Å². The third kappa shape index (κ3) is 5.05. The van der Waals surface area contributed by atoms with Crippen molar-refractivity contribution in [2.45, 2.75) is 33.8 Å². The van der Waals surface area contributed by atoms with Gasteiger partial charge in [0, 0.05) is 0 Å². The number of benzene rings is 1. The number of primary amides is 1. The fourth-order valence-electron chi connectivity index (χ4n) is 1.79. The molecular formula is C16H23NO6. The molecule has 1 aromatic rings. The van der Waals surface area contributed by atoms with E-state index in [2.05, 4.69) is 0 Å². The minimum Gasteiger partial charge on any atom is -0.490 e. The molecule has 1 amide bonds. The Morgan fingerprint density at radius 2 is 1.48 bits per heavy atom. The van der Waals surface area contributed by atoms with Crippen LogP contribution in [0.1, 0.15) is 38.1 Å². The van der Waals surface area contributed by atoms with Crippen LogP contribution < -0.4 is 19.9 Å². The van der Waals surface area contributed by atoms with Crippen LogP contribution in [0.3, 0.4) is 0 Å². The van der Waals surface area contributed by atoms with E-state index in [-0.39, 0.29) is 5.56 Å². The van der Waals surface area contributed by atoms with Gasteiger partial charge in [0.1, 0.15) is 0 Å². The normalized spacial score (nSPS) is 11.5. The number of carbonyl (C=O) groups excluding carboxylic acids is 2. The quantitative estimate of drug-likeness (QED) is 0.697. The zero-order valence-electron chi connectivity index (χ0n) is 13.9. The standard InChI is InChI=1S/C16H23NO6/c1-5-20-12-8-11(16(19)23-10(4)15(17)18)9-13(21-6-2)14(12)22-7-3/h8-10H,5-7H2,1-4H3,(H2,17,18)/t10-/m1/s1. The maximum atomic E-state index is 12.2. The second kappa shape index (κ2) is 8.87. The van der Waals surface area contributed by atoms with Crippen molar-refractivity contribution < 1.29 is 28.5 Å². The minimum atomic E-state index is -1.03. The number of hydrogen-bond donors (Lipinski definition) is 1. The molecule has 0 aliphatic rings. The van der Waals surface area contributed by atoms with Gasteiger partial charge in [0.05, 0.1) is 25.4 Å². The Kier molecular flexibility index (Phi) is 7.18. The van der Waals surface area contributed by atoms with Gasteiger partial charge >= 0.3 is 5.97 Å². The van der Waals surface area contributed by atoms with Crippen molar-refractivity contribution >= 4 is 11.9 Å². The maximum Gasteiger partial charge on any atom is 0.339 e. The molecule has 0 saturated carbocycles. The smallest absolute Gasteiger partial charge is 0.339 e. The van der Waals surface area contributed by atoms with Crippen molar-refractivity contribution in [2.24, 2.45) is 5.73 Å². The van der Waals surface area contributed by atoms with Crippen LogP contribution in [0.2, 0.25) is 0 Å². The molecule has 1 rings (SSSR count). The van der Waals surface area contributed by atoms with Gasteiger partial charge in [-0.15, -0.1) is 0 Å². The van der Waals surface area contributed by atoms with E-state index in [0.29, 0.717) is 37.1 Å². The number of esters is 1. The molecule has 2 N–H and O–H groups in total. The monoisotopic (exact) mass is 325 g/mol. The first-order valence-corrected chi connectivity index (χ1v) is 7.51. The first-order valence-electron chi connectivity index (χ1n) is 7.51. The molecule has 23 heavy (non-hydrogen) atoms. The van der Waals surface area contributed by atoms with Crippen molar-refractivity contribution in [1.29, 1.82) is 0 Å². The molecular weight excluding hydrogens is 302 g/mol. The summed E-state index contributed by atoms with van der Waals surface area (Å²) in [7, 11) is 0. The number of rotatable bonds is 9. The number of carbonyl (C=O) groups is 2. The zero-order valence-corrected chi connectivity index (χ0v) is 13.9. The van der Waals surface area contributed by atoms with Gasteiger partial charge < -0.3 is 24.7 Å². The fourth-order valence-corrected chi connectivity index (χ4v) is 1.79. The van der Waals surface area contributed by atoms with Crippen LogP contribution in [0.15, 0.2) is 12.1 Å². The van der Waals surface area contributed by atoms with E-state index in [0.717, 1.165) is 0 Å². The lowest BCUT2D eigenvalue weighted by Crippen LogP contribution is -2.30. The number of ether oxygens (including phenoxy) is 4. The Hall–Kier alpha value is -2.44. The second-order valence-corrected chi connectivity index (χ2v) is 4.55. The minimum absolute atomic E-state index is 0.188. The Morgan fingerprint density at radius 3 is 1.87 bits per heavy atom. The Labute approximate surface area is 135 Å². The maximum absolute atomic E-state index is 12.2. The van der Waals surface area contributed by atoms with Gasteiger partial charge in [-0.05, 0) is 39.8 Å². The third-order valence-electron chi connectivity index (χ3n) is 2.83. The highest BCUT2D eigenvalue weighted by atomic mass is 16.6. The molecule has 128 valence electrons. The summed E-state index contributed by atoms with van der Waals surface area (Å²) in [4.78, 5) is 23.2. The summed E-state index contributed by atoms with van der Waals surface area (Å²) in [6.07, 6.45) is -1.03. The topological polar surface area (TPSA) is 97.1 Å². The molecule has 7 heteroatoms. The molecule has 7 nitrogen and oxygen atoms in total. The van der Waals surface area contributed by atoms with Gasteiger partial charge in [-0.2, -0.15) is 0 Å². The lowest BCUT2D eigenvalue weighted by molar-refractivity contribution is -0.125.